The summed E-state index contributed by atoms with van der Waals surface area (Å²) in [5, 5.41) is 6.12. The maximum absolute atomic E-state index is 11.8. The Kier molecular flexibility index (Phi) is 3.41. The fourth-order valence-electron chi connectivity index (χ4n) is 1.81. The van der Waals surface area contributed by atoms with E-state index in [-0.39, 0.29) is 11.9 Å². The zero-order valence-corrected chi connectivity index (χ0v) is 9.32. The highest BCUT2D eigenvalue weighted by molar-refractivity contribution is 5.83. The molecule has 2 rings (SSSR count). The monoisotopic (exact) mass is 220 g/mol. The van der Waals surface area contributed by atoms with Gasteiger partial charge in [-0.25, -0.2) is 0 Å². The minimum atomic E-state index is -0.242. The molecule has 1 heterocycles. The first-order chi connectivity index (χ1) is 7.81. The minimum Gasteiger partial charge on any atom is -0.497 e. The smallest absolute Gasteiger partial charge is 0.241 e. The van der Waals surface area contributed by atoms with Crippen molar-refractivity contribution in [1.29, 1.82) is 0 Å². The first-order valence-electron chi connectivity index (χ1n) is 5.46. The van der Waals surface area contributed by atoms with Gasteiger partial charge in [0.15, 0.2) is 0 Å². The zero-order valence-electron chi connectivity index (χ0n) is 9.32. The number of hydrogen-bond donors (Lipinski definition) is 2. The largest absolute Gasteiger partial charge is 0.497 e. The third kappa shape index (κ3) is 2.33. The maximum Gasteiger partial charge on any atom is 0.241 e. The van der Waals surface area contributed by atoms with Crippen LogP contribution in [0.4, 0.5) is 0 Å². The molecule has 4 nitrogen and oxygen atoms in total. The summed E-state index contributed by atoms with van der Waals surface area (Å²) in [6.07, 6.45) is 0.971. The molecule has 0 saturated carbocycles. The first kappa shape index (κ1) is 11.0. The van der Waals surface area contributed by atoms with Crippen molar-refractivity contribution in [2.24, 2.45) is 0 Å². The average molecular weight is 220 g/mol. The van der Waals surface area contributed by atoms with Crippen LogP contribution in [0.2, 0.25) is 0 Å². The standard InChI is InChI=1S/C12H16N2O2/c1-16-10-5-3-9(4-6-10)11-12(15)14-8-2-7-13-11/h3-6,11,13H,2,7-8H2,1H3,(H,14,15). The van der Waals surface area contributed by atoms with E-state index >= 15 is 0 Å². The summed E-state index contributed by atoms with van der Waals surface area (Å²) >= 11 is 0. The van der Waals surface area contributed by atoms with Crippen LogP contribution in [-0.4, -0.2) is 26.1 Å². The van der Waals surface area contributed by atoms with Crippen LogP contribution in [0.5, 0.6) is 5.75 Å². The molecule has 2 N–H and O–H groups in total. The van der Waals surface area contributed by atoms with Crippen molar-refractivity contribution in [2.45, 2.75) is 12.5 Å². The highest BCUT2D eigenvalue weighted by Crippen LogP contribution is 2.18. The predicted molar refractivity (Wildman–Crippen MR) is 61.4 cm³/mol. The molecule has 1 aliphatic rings. The molecule has 0 aromatic heterocycles. The van der Waals surface area contributed by atoms with Crippen LogP contribution in [0.15, 0.2) is 24.3 Å². The van der Waals surface area contributed by atoms with Crippen molar-refractivity contribution >= 4 is 5.91 Å². The lowest BCUT2D eigenvalue weighted by atomic mass is 10.1. The van der Waals surface area contributed by atoms with Gasteiger partial charge in [0.05, 0.1) is 7.11 Å². The Morgan fingerprint density at radius 3 is 2.69 bits per heavy atom. The van der Waals surface area contributed by atoms with Gasteiger partial charge in [0.1, 0.15) is 11.8 Å². The molecule has 1 aromatic rings. The molecule has 1 unspecified atom stereocenters. The number of carbonyl (C=O) groups is 1. The second-order valence-corrected chi connectivity index (χ2v) is 3.80. The summed E-state index contributed by atoms with van der Waals surface area (Å²) in [5.41, 5.74) is 0.972. The number of benzene rings is 1. The molecule has 1 amide bonds. The van der Waals surface area contributed by atoms with Gasteiger partial charge in [-0.05, 0) is 30.7 Å². The van der Waals surface area contributed by atoms with E-state index in [0.29, 0.717) is 0 Å². The quantitative estimate of drug-likeness (QED) is 0.776. The van der Waals surface area contributed by atoms with Crippen LogP contribution < -0.4 is 15.4 Å². The molecule has 1 aliphatic heterocycles. The number of ether oxygens (including phenoxy) is 1. The molecule has 16 heavy (non-hydrogen) atoms. The van der Waals surface area contributed by atoms with Gasteiger partial charge in [-0.15, -0.1) is 0 Å². The van der Waals surface area contributed by atoms with Gasteiger partial charge in [0.25, 0.3) is 0 Å². The van der Waals surface area contributed by atoms with Crippen molar-refractivity contribution in [3.05, 3.63) is 29.8 Å². The summed E-state index contributed by atoms with van der Waals surface area (Å²) < 4.78 is 5.09. The normalized spacial score (nSPS) is 21.1. The Bertz CT molecular complexity index is 362. The van der Waals surface area contributed by atoms with Crippen molar-refractivity contribution in [3.8, 4) is 5.75 Å². The summed E-state index contributed by atoms with van der Waals surface area (Å²) in [5.74, 6) is 0.848. The van der Waals surface area contributed by atoms with Gasteiger partial charge in [-0.3, -0.25) is 4.79 Å². The van der Waals surface area contributed by atoms with E-state index in [2.05, 4.69) is 10.6 Å². The lowest BCUT2D eigenvalue weighted by molar-refractivity contribution is -0.122. The van der Waals surface area contributed by atoms with E-state index in [1.807, 2.05) is 24.3 Å². The van der Waals surface area contributed by atoms with E-state index in [9.17, 15) is 4.79 Å². The van der Waals surface area contributed by atoms with E-state index in [0.717, 1.165) is 30.8 Å². The van der Waals surface area contributed by atoms with E-state index < -0.39 is 0 Å². The second kappa shape index (κ2) is 4.99. The van der Waals surface area contributed by atoms with Crippen LogP contribution in [0.1, 0.15) is 18.0 Å². The van der Waals surface area contributed by atoms with Crippen molar-refractivity contribution in [2.75, 3.05) is 20.2 Å². The maximum atomic E-state index is 11.8. The zero-order chi connectivity index (χ0) is 11.4. The lowest BCUT2D eigenvalue weighted by Gasteiger charge is -2.15. The van der Waals surface area contributed by atoms with Gasteiger partial charge in [-0.1, -0.05) is 12.1 Å². The Hall–Kier alpha value is -1.55. The Morgan fingerprint density at radius 2 is 2.00 bits per heavy atom. The molecule has 86 valence electrons. The van der Waals surface area contributed by atoms with Gasteiger partial charge in [-0.2, -0.15) is 0 Å². The summed E-state index contributed by atoms with van der Waals surface area (Å²) in [4.78, 5) is 11.8. The SMILES string of the molecule is COc1ccc(C2NCCCNC2=O)cc1. The highest BCUT2D eigenvalue weighted by Gasteiger charge is 2.21. The third-order valence-corrected chi connectivity index (χ3v) is 2.71. The molecule has 1 fully saturated rings. The van der Waals surface area contributed by atoms with E-state index in [4.69, 9.17) is 4.74 Å². The number of methoxy groups -OCH3 is 1. The molecule has 0 spiro atoms. The average Bonchev–Trinajstić information content (AvgIpc) is 2.54. The molecule has 0 bridgehead atoms. The fourth-order valence-corrected chi connectivity index (χ4v) is 1.81. The van der Waals surface area contributed by atoms with Crippen molar-refractivity contribution in [3.63, 3.8) is 0 Å². The molecular formula is C12H16N2O2. The molecule has 1 atom stereocenters. The topological polar surface area (TPSA) is 50.4 Å². The summed E-state index contributed by atoms with van der Waals surface area (Å²) in [7, 11) is 1.63. The third-order valence-electron chi connectivity index (χ3n) is 2.71. The van der Waals surface area contributed by atoms with Crippen LogP contribution in [0.25, 0.3) is 0 Å². The van der Waals surface area contributed by atoms with Crippen LogP contribution in [0.3, 0.4) is 0 Å². The Morgan fingerprint density at radius 1 is 1.25 bits per heavy atom. The molecule has 0 radical (unpaired) electrons. The van der Waals surface area contributed by atoms with Crippen LogP contribution in [-0.2, 0) is 4.79 Å². The second-order valence-electron chi connectivity index (χ2n) is 3.80. The molecule has 0 aliphatic carbocycles. The lowest BCUT2D eigenvalue weighted by Crippen LogP contribution is -2.33. The van der Waals surface area contributed by atoms with E-state index in [1.54, 1.807) is 7.11 Å². The molecular weight excluding hydrogens is 204 g/mol. The Labute approximate surface area is 95.0 Å². The molecule has 1 saturated heterocycles. The molecule has 1 aromatic carbocycles. The van der Waals surface area contributed by atoms with Gasteiger partial charge in [0.2, 0.25) is 5.91 Å². The summed E-state index contributed by atoms with van der Waals surface area (Å²) in [6.45, 7) is 1.61. The van der Waals surface area contributed by atoms with Crippen molar-refractivity contribution < 1.29 is 9.53 Å². The van der Waals surface area contributed by atoms with Crippen LogP contribution >= 0.6 is 0 Å². The number of hydrogen-bond acceptors (Lipinski definition) is 3. The first-order valence-corrected chi connectivity index (χ1v) is 5.46. The number of carbonyl (C=O) groups excluding carboxylic acids is 1. The van der Waals surface area contributed by atoms with Gasteiger partial charge >= 0.3 is 0 Å². The highest BCUT2D eigenvalue weighted by atomic mass is 16.5. The number of nitrogens with one attached hydrogen (secondary N) is 2. The summed E-state index contributed by atoms with van der Waals surface area (Å²) in [6, 6.07) is 7.33. The predicted octanol–water partition coefficient (Wildman–Crippen LogP) is 0.846. The van der Waals surface area contributed by atoms with E-state index in [1.165, 1.54) is 0 Å². The van der Waals surface area contributed by atoms with Crippen molar-refractivity contribution in [1.82, 2.24) is 10.6 Å². The fraction of sp³-hybridized carbons (Fsp3) is 0.417. The van der Waals surface area contributed by atoms with Gasteiger partial charge < -0.3 is 15.4 Å². The number of rotatable bonds is 2. The Balaban J connectivity index is 2.17. The molecule has 4 heteroatoms. The number of amides is 1. The van der Waals surface area contributed by atoms with Gasteiger partial charge in [0, 0.05) is 6.54 Å². The van der Waals surface area contributed by atoms with Crippen LogP contribution in [0, 0.1) is 0 Å². The minimum absolute atomic E-state index is 0.0441.